The summed E-state index contributed by atoms with van der Waals surface area (Å²) in [5.74, 6) is -0.183. The number of rotatable bonds is 9. The van der Waals surface area contributed by atoms with Crippen molar-refractivity contribution in [1.29, 1.82) is 0 Å². The van der Waals surface area contributed by atoms with E-state index < -0.39 is 20.5 Å². The molecule has 1 aliphatic heterocycles. The normalized spacial score (nSPS) is 17.0. The molecule has 0 bridgehead atoms. The van der Waals surface area contributed by atoms with Gasteiger partial charge in [-0.05, 0) is 39.4 Å². The second-order valence-corrected chi connectivity index (χ2v) is 15.2. The monoisotopic (exact) mass is 527 g/mol. The van der Waals surface area contributed by atoms with Crippen LogP contribution in [0.2, 0.25) is 5.04 Å². The van der Waals surface area contributed by atoms with Gasteiger partial charge < -0.3 is 9.16 Å². The summed E-state index contributed by atoms with van der Waals surface area (Å²) in [5.41, 5.74) is 0.882. The summed E-state index contributed by atoms with van der Waals surface area (Å²) >= 11 is 0. The molecule has 0 spiro atoms. The Morgan fingerprint density at radius 2 is 1.50 bits per heavy atom. The van der Waals surface area contributed by atoms with E-state index in [4.69, 9.17) is 9.16 Å². The fraction of sp³-hybridized carbons (Fsp3) is 0.312. The van der Waals surface area contributed by atoms with Gasteiger partial charge in [-0.1, -0.05) is 125 Å². The van der Waals surface area contributed by atoms with Crippen LogP contribution < -0.4 is 10.4 Å². The highest BCUT2D eigenvalue weighted by atomic mass is 28.4. The number of hydrogen-bond acceptors (Lipinski definition) is 4. The fourth-order valence-electron chi connectivity index (χ4n) is 5.16. The number of hydrogen-bond donors (Lipinski definition) is 0. The Labute approximate surface area is 227 Å². The SMILES string of the molecule is C[C@H](C/C=C/C(=O)N1C(=O)OC[C@H]1c1ccccc1)CO[Si](c1ccccc1)(c1ccccc1)C(C)(C)C. The van der Waals surface area contributed by atoms with Crippen LogP contribution in [0.3, 0.4) is 0 Å². The van der Waals surface area contributed by atoms with E-state index in [1.165, 1.54) is 21.3 Å². The number of imide groups is 1. The van der Waals surface area contributed by atoms with E-state index in [2.05, 4.69) is 76.2 Å². The van der Waals surface area contributed by atoms with Crippen LogP contribution in [0.4, 0.5) is 4.79 Å². The van der Waals surface area contributed by atoms with Gasteiger partial charge in [0.1, 0.15) is 12.6 Å². The first kappa shape index (κ1) is 27.5. The maximum Gasteiger partial charge on any atom is 0.417 e. The highest BCUT2D eigenvalue weighted by Crippen LogP contribution is 2.37. The molecule has 4 rings (SSSR count). The van der Waals surface area contributed by atoms with E-state index in [9.17, 15) is 9.59 Å². The summed E-state index contributed by atoms with van der Waals surface area (Å²) in [5, 5.41) is 2.40. The number of ether oxygens (including phenoxy) is 1. The van der Waals surface area contributed by atoms with Crippen molar-refractivity contribution in [3.05, 3.63) is 109 Å². The summed E-state index contributed by atoms with van der Waals surface area (Å²) in [7, 11) is -2.61. The van der Waals surface area contributed by atoms with Crippen LogP contribution in [0.15, 0.2) is 103 Å². The molecule has 3 aromatic rings. The van der Waals surface area contributed by atoms with Crippen LogP contribution in [-0.2, 0) is 14.0 Å². The molecule has 198 valence electrons. The zero-order chi connectivity index (χ0) is 27.2. The molecule has 5 nitrogen and oxygen atoms in total. The van der Waals surface area contributed by atoms with Gasteiger partial charge in [0.15, 0.2) is 0 Å². The molecule has 3 aromatic carbocycles. The van der Waals surface area contributed by atoms with Crippen LogP contribution in [0, 0.1) is 5.92 Å². The lowest BCUT2D eigenvalue weighted by Gasteiger charge is -2.43. The molecule has 38 heavy (non-hydrogen) atoms. The zero-order valence-electron chi connectivity index (χ0n) is 22.7. The highest BCUT2D eigenvalue weighted by Gasteiger charge is 2.50. The van der Waals surface area contributed by atoms with Gasteiger partial charge in [0.25, 0.3) is 14.2 Å². The minimum Gasteiger partial charge on any atom is -0.446 e. The lowest BCUT2D eigenvalue weighted by atomic mass is 10.1. The molecule has 2 atom stereocenters. The summed E-state index contributed by atoms with van der Waals surface area (Å²) < 4.78 is 12.2. The Morgan fingerprint density at radius 3 is 2.03 bits per heavy atom. The van der Waals surface area contributed by atoms with E-state index in [0.717, 1.165) is 5.56 Å². The topological polar surface area (TPSA) is 55.8 Å². The molecule has 0 saturated carbocycles. The third-order valence-corrected chi connectivity index (χ3v) is 12.1. The number of allylic oxidation sites excluding steroid dienone is 1. The van der Waals surface area contributed by atoms with Gasteiger partial charge in [0.2, 0.25) is 0 Å². The number of amides is 2. The molecule has 0 aliphatic carbocycles. The lowest BCUT2D eigenvalue weighted by molar-refractivity contribution is -0.124. The van der Waals surface area contributed by atoms with Gasteiger partial charge in [-0.15, -0.1) is 0 Å². The third kappa shape index (κ3) is 5.82. The predicted molar refractivity (Wildman–Crippen MR) is 154 cm³/mol. The van der Waals surface area contributed by atoms with Crippen molar-refractivity contribution in [2.75, 3.05) is 13.2 Å². The van der Waals surface area contributed by atoms with Crippen LogP contribution >= 0.6 is 0 Å². The van der Waals surface area contributed by atoms with E-state index >= 15 is 0 Å². The standard InChI is InChI=1S/C32H37NO4Si/c1-25(15-14-22-30(34)33-29(24-36-31(33)35)26-16-8-5-9-17-26)23-37-38(32(2,3)4,27-18-10-6-11-19-27)28-20-12-7-13-21-28/h5-14,16-22,25,29H,15,23-24H2,1-4H3/b22-14+/t25-,29+/m1/s1. The lowest BCUT2D eigenvalue weighted by Crippen LogP contribution is -2.66. The van der Waals surface area contributed by atoms with Crippen molar-refractivity contribution in [2.24, 2.45) is 5.92 Å². The van der Waals surface area contributed by atoms with Gasteiger partial charge in [-0.2, -0.15) is 0 Å². The quantitative estimate of drug-likeness (QED) is 0.258. The van der Waals surface area contributed by atoms with Gasteiger partial charge in [0, 0.05) is 6.61 Å². The minimum absolute atomic E-state index is 0.0935. The number of benzene rings is 3. The van der Waals surface area contributed by atoms with Crippen molar-refractivity contribution in [1.82, 2.24) is 4.90 Å². The predicted octanol–water partition coefficient (Wildman–Crippen LogP) is 5.87. The Balaban J connectivity index is 1.47. The first-order chi connectivity index (χ1) is 18.2. The van der Waals surface area contributed by atoms with Gasteiger partial charge >= 0.3 is 6.09 Å². The van der Waals surface area contributed by atoms with E-state index in [-0.39, 0.29) is 23.5 Å². The van der Waals surface area contributed by atoms with Gasteiger partial charge in [-0.3, -0.25) is 4.79 Å². The largest absolute Gasteiger partial charge is 0.446 e. The molecule has 1 aliphatic rings. The van der Waals surface area contributed by atoms with E-state index in [0.29, 0.717) is 13.0 Å². The molecule has 0 unspecified atom stereocenters. The number of carbonyl (C=O) groups excluding carboxylic acids is 2. The zero-order valence-corrected chi connectivity index (χ0v) is 23.7. The average molecular weight is 528 g/mol. The summed E-state index contributed by atoms with van der Waals surface area (Å²) in [6.07, 6.45) is 3.39. The maximum atomic E-state index is 13.0. The Kier molecular flexibility index (Phi) is 8.64. The molecule has 0 radical (unpaired) electrons. The second kappa shape index (κ2) is 11.9. The van der Waals surface area contributed by atoms with Gasteiger partial charge in [-0.25, -0.2) is 9.69 Å². The summed E-state index contributed by atoms with van der Waals surface area (Å²) in [4.78, 5) is 26.5. The van der Waals surface area contributed by atoms with Crippen molar-refractivity contribution >= 4 is 30.7 Å². The second-order valence-electron chi connectivity index (χ2n) is 10.9. The molecule has 1 heterocycles. The smallest absolute Gasteiger partial charge is 0.417 e. The molecule has 1 saturated heterocycles. The maximum absolute atomic E-state index is 13.0. The molecular formula is C32H37NO4Si. The summed E-state index contributed by atoms with van der Waals surface area (Å²) in [6.45, 7) is 9.65. The Hall–Kier alpha value is -3.48. The Morgan fingerprint density at radius 1 is 0.974 bits per heavy atom. The summed E-state index contributed by atoms with van der Waals surface area (Å²) in [6, 6.07) is 30.3. The molecule has 1 fully saturated rings. The van der Waals surface area contributed by atoms with Crippen molar-refractivity contribution < 1.29 is 18.8 Å². The first-order valence-electron chi connectivity index (χ1n) is 13.2. The number of nitrogens with zero attached hydrogens (tertiary/aromatic N) is 1. The van der Waals surface area contributed by atoms with Crippen molar-refractivity contribution in [2.45, 2.75) is 45.2 Å². The molecule has 6 heteroatoms. The van der Waals surface area contributed by atoms with Crippen LogP contribution in [0.25, 0.3) is 0 Å². The molecule has 0 aromatic heterocycles. The molecular weight excluding hydrogens is 490 g/mol. The number of cyclic esters (lactones) is 1. The minimum atomic E-state index is -2.61. The molecule has 0 N–H and O–H groups in total. The van der Waals surface area contributed by atoms with Crippen LogP contribution in [0.5, 0.6) is 0 Å². The average Bonchev–Trinajstić information content (AvgIpc) is 3.31. The highest BCUT2D eigenvalue weighted by molar-refractivity contribution is 6.99. The van der Waals surface area contributed by atoms with Crippen molar-refractivity contribution in [3.8, 4) is 0 Å². The molecule has 2 amide bonds. The fourth-order valence-corrected chi connectivity index (χ4v) is 9.85. The third-order valence-electron chi connectivity index (χ3n) is 7.09. The Bertz CT molecular complexity index is 1200. The number of carbonyl (C=O) groups is 2. The van der Waals surface area contributed by atoms with Gasteiger partial charge in [0.05, 0.1) is 0 Å². The first-order valence-corrected chi connectivity index (χ1v) is 15.1. The van der Waals surface area contributed by atoms with Crippen LogP contribution in [0.1, 0.15) is 45.7 Å². The van der Waals surface area contributed by atoms with E-state index in [1.807, 2.05) is 48.5 Å². The van der Waals surface area contributed by atoms with E-state index in [1.54, 1.807) is 0 Å². The van der Waals surface area contributed by atoms with Crippen molar-refractivity contribution in [3.63, 3.8) is 0 Å². The van der Waals surface area contributed by atoms with Crippen LogP contribution in [-0.4, -0.2) is 38.4 Å².